The van der Waals surface area contributed by atoms with Crippen molar-refractivity contribution in [3.05, 3.63) is 62.6 Å². The van der Waals surface area contributed by atoms with Crippen LogP contribution in [0.3, 0.4) is 0 Å². The highest BCUT2D eigenvalue weighted by molar-refractivity contribution is 7.15. The number of benzene rings is 2. The number of methoxy groups -OCH3 is 1. The van der Waals surface area contributed by atoms with Crippen LogP contribution in [0, 0.1) is 18.3 Å². The minimum Gasteiger partial charge on any atom is -0.493 e. The van der Waals surface area contributed by atoms with E-state index in [1.165, 1.54) is 24.5 Å². The molecule has 3 aromatic rings. The monoisotopic (exact) mass is 540 g/mol. The molecule has 0 bridgehead atoms. The zero-order valence-corrected chi connectivity index (χ0v) is 23.0. The molecule has 3 rings (SSSR count). The first-order chi connectivity index (χ1) is 17.7. The van der Waals surface area contributed by atoms with Crippen LogP contribution in [0.25, 0.3) is 6.08 Å². The molecule has 194 valence electrons. The number of aryl methyl sites for hydroxylation is 2. The Labute approximate surface area is 225 Å². The Morgan fingerprint density at radius 1 is 1.19 bits per heavy atom. The second-order valence-electron chi connectivity index (χ2n) is 8.41. The van der Waals surface area contributed by atoms with Gasteiger partial charge in [-0.25, -0.2) is 0 Å². The van der Waals surface area contributed by atoms with Gasteiger partial charge < -0.3 is 14.2 Å². The van der Waals surface area contributed by atoms with Gasteiger partial charge >= 0.3 is 0 Å². The van der Waals surface area contributed by atoms with Crippen LogP contribution in [0.2, 0.25) is 5.02 Å². The number of ether oxygens (including phenoxy) is 3. The van der Waals surface area contributed by atoms with Crippen molar-refractivity contribution in [3.63, 3.8) is 0 Å². The largest absolute Gasteiger partial charge is 0.493 e. The number of aromatic nitrogens is 2. The minimum atomic E-state index is -0.592. The van der Waals surface area contributed by atoms with Gasteiger partial charge in [-0.2, -0.15) is 5.26 Å². The molecule has 1 amide bonds. The van der Waals surface area contributed by atoms with Gasteiger partial charge in [0.15, 0.2) is 11.5 Å². The molecule has 37 heavy (non-hydrogen) atoms. The van der Waals surface area contributed by atoms with Crippen molar-refractivity contribution in [1.82, 2.24) is 10.2 Å². The Hall–Kier alpha value is -3.61. The number of hydrogen-bond acceptors (Lipinski definition) is 8. The minimum absolute atomic E-state index is 0.118. The SMILES string of the molecule is CCc1nnc(NC(=O)/C(C#N)=C\c2cc(Cl)c(OCCOc3cc(C)ccc3C(C)C)c(OC)c2)s1. The van der Waals surface area contributed by atoms with Crippen molar-refractivity contribution in [2.24, 2.45) is 0 Å². The molecular formula is C27H29ClN4O4S. The van der Waals surface area contributed by atoms with E-state index in [4.69, 9.17) is 25.8 Å². The molecule has 10 heteroatoms. The lowest BCUT2D eigenvalue weighted by molar-refractivity contribution is -0.112. The summed E-state index contributed by atoms with van der Waals surface area (Å²) in [5.74, 6) is 1.29. The zero-order chi connectivity index (χ0) is 26.9. The maximum absolute atomic E-state index is 12.6. The van der Waals surface area contributed by atoms with E-state index in [0.29, 0.717) is 41.1 Å². The molecule has 0 unspecified atom stereocenters. The molecule has 0 spiro atoms. The summed E-state index contributed by atoms with van der Waals surface area (Å²) < 4.78 is 17.3. The molecule has 1 aromatic heterocycles. The summed E-state index contributed by atoms with van der Waals surface area (Å²) >= 11 is 7.73. The van der Waals surface area contributed by atoms with Crippen LogP contribution < -0.4 is 19.5 Å². The van der Waals surface area contributed by atoms with Crippen LogP contribution >= 0.6 is 22.9 Å². The second kappa shape index (κ2) is 13.1. The summed E-state index contributed by atoms with van der Waals surface area (Å²) in [5.41, 5.74) is 2.64. The predicted octanol–water partition coefficient (Wildman–Crippen LogP) is 6.20. The number of nitrogens with zero attached hydrogens (tertiary/aromatic N) is 3. The Kier molecular flexibility index (Phi) is 9.89. The lowest BCUT2D eigenvalue weighted by atomic mass is 10.0. The average molecular weight is 541 g/mol. The summed E-state index contributed by atoms with van der Waals surface area (Å²) in [6, 6.07) is 11.3. The van der Waals surface area contributed by atoms with Gasteiger partial charge in [0.1, 0.15) is 35.6 Å². The van der Waals surface area contributed by atoms with Crippen molar-refractivity contribution in [1.29, 1.82) is 5.26 Å². The van der Waals surface area contributed by atoms with E-state index in [9.17, 15) is 10.1 Å². The molecular weight excluding hydrogens is 512 g/mol. The molecule has 0 fully saturated rings. The summed E-state index contributed by atoms with van der Waals surface area (Å²) in [5, 5.41) is 21.4. The number of anilines is 1. The van der Waals surface area contributed by atoms with E-state index in [-0.39, 0.29) is 17.2 Å². The maximum Gasteiger partial charge on any atom is 0.268 e. The van der Waals surface area contributed by atoms with E-state index in [2.05, 4.69) is 41.5 Å². The molecule has 0 saturated carbocycles. The van der Waals surface area contributed by atoms with Gasteiger partial charge in [0, 0.05) is 0 Å². The third-order valence-electron chi connectivity index (χ3n) is 5.30. The van der Waals surface area contributed by atoms with Crippen molar-refractivity contribution < 1.29 is 19.0 Å². The Balaban J connectivity index is 1.70. The highest BCUT2D eigenvalue weighted by atomic mass is 35.5. The number of nitriles is 1. The molecule has 0 radical (unpaired) electrons. The first kappa shape index (κ1) is 28.0. The van der Waals surface area contributed by atoms with Crippen LogP contribution in [0.4, 0.5) is 5.13 Å². The van der Waals surface area contributed by atoms with Crippen LogP contribution in [0.1, 0.15) is 48.4 Å². The fraction of sp³-hybridized carbons (Fsp3) is 0.333. The van der Waals surface area contributed by atoms with Gasteiger partial charge in [-0.15, -0.1) is 10.2 Å². The smallest absolute Gasteiger partial charge is 0.268 e. The Bertz CT molecular complexity index is 1330. The van der Waals surface area contributed by atoms with Gasteiger partial charge in [-0.3, -0.25) is 10.1 Å². The van der Waals surface area contributed by atoms with E-state index >= 15 is 0 Å². The number of amides is 1. The predicted molar refractivity (Wildman–Crippen MR) is 146 cm³/mol. The lowest BCUT2D eigenvalue weighted by Gasteiger charge is -2.16. The van der Waals surface area contributed by atoms with Crippen molar-refractivity contribution in [2.45, 2.75) is 40.0 Å². The molecule has 0 saturated heterocycles. The van der Waals surface area contributed by atoms with Gasteiger partial charge in [-0.1, -0.05) is 55.8 Å². The number of rotatable bonds is 11. The first-order valence-electron chi connectivity index (χ1n) is 11.7. The number of carbonyl (C=O) groups is 1. The normalized spacial score (nSPS) is 11.2. The molecule has 0 aliphatic carbocycles. The first-order valence-corrected chi connectivity index (χ1v) is 12.9. The summed E-state index contributed by atoms with van der Waals surface area (Å²) in [7, 11) is 1.49. The Morgan fingerprint density at radius 3 is 2.59 bits per heavy atom. The molecule has 0 aliphatic rings. The molecule has 0 atom stereocenters. The molecule has 2 aromatic carbocycles. The van der Waals surface area contributed by atoms with Gasteiger partial charge in [0.2, 0.25) is 5.13 Å². The zero-order valence-electron chi connectivity index (χ0n) is 21.4. The van der Waals surface area contributed by atoms with E-state index < -0.39 is 5.91 Å². The third-order valence-corrected chi connectivity index (χ3v) is 6.56. The summed E-state index contributed by atoms with van der Waals surface area (Å²) in [4.78, 5) is 12.6. The lowest BCUT2D eigenvalue weighted by Crippen LogP contribution is -2.13. The van der Waals surface area contributed by atoms with E-state index in [0.717, 1.165) is 21.9 Å². The highest BCUT2D eigenvalue weighted by Crippen LogP contribution is 2.37. The van der Waals surface area contributed by atoms with Crippen molar-refractivity contribution in [2.75, 3.05) is 25.6 Å². The van der Waals surface area contributed by atoms with Crippen LogP contribution in [0.15, 0.2) is 35.9 Å². The number of nitrogens with one attached hydrogen (secondary N) is 1. The van der Waals surface area contributed by atoms with Crippen LogP contribution in [0.5, 0.6) is 17.2 Å². The van der Waals surface area contributed by atoms with Gasteiger partial charge in [-0.05, 0) is 60.2 Å². The van der Waals surface area contributed by atoms with Crippen LogP contribution in [-0.4, -0.2) is 36.4 Å². The second-order valence-corrected chi connectivity index (χ2v) is 9.87. The summed E-state index contributed by atoms with van der Waals surface area (Å²) in [6.07, 6.45) is 2.13. The standard InChI is InChI=1S/C27H29ClN4O4S/c1-6-24-31-32-27(37-24)30-26(33)19(15-29)12-18-13-21(28)25(23(14-18)34-5)36-10-9-35-22-11-17(4)7-8-20(22)16(2)3/h7-8,11-14,16H,6,9-10H2,1-5H3,(H,30,32,33)/b19-12-. The molecule has 0 aliphatic heterocycles. The molecule has 1 N–H and O–H groups in total. The fourth-order valence-electron chi connectivity index (χ4n) is 3.43. The Morgan fingerprint density at radius 2 is 1.95 bits per heavy atom. The quantitative estimate of drug-likeness (QED) is 0.175. The number of hydrogen-bond donors (Lipinski definition) is 1. The van der Waals surface area contributed by atoms with Gasteiger partial charge in [0.05, 0.1) is 12.1 Å². The number of halogens is 1. The van der Waals surface area contributed by atoms with Crippen molar-refractivity contribution >= 4 is 40.1 Å². The van der Waals surface area contributed by atoms with Crippen molar-refractivity contribution in [3.8, 4) is 23.3 Å². The molecule has 1 heterocycles. The van der Waals surface area contributed by atoms with Crippen LogP contribution in [-0.2, 0) is 11.2 Å². The van der Waals surface area contributed by atoms with E-state index in [1.807, 2.05) is 26.0 Å². The highest BCUT2D eigenvalue weighted by Gasteiger charge is 2.16. The number of carbonyl (C=O) groups excluding carboxylic acids is 1. The topological polar surface area (TPSA) is 106 Å². The maximum atomic E-state index is 12.6. The molecule has 8 nitrogen and oxygen atoms in total. The fourth-order valence-corrected chi connectivity index (χ4v) is 4.38. The third kappa shape index (κ3) is 7.44. The average Bonchev–Trinajstić information content (AvgIpc) is 3.33. The van der Waals surface area contributed by atoms with E-state index in [1.54, 1.807) is 12.1 Å². The van der Waals surface area contributed by atoms with Gasteiger partial charge in [0.25, 0.3) is 5.91 Å². The summed E-state index contributed by atoms with van der Waals surface area (Å²) in [6.45, 7) is 8.76.